The van der Waals surface area contributed by atoms with Crippen LogP contribution in [0.3, 0.4) is 0 Å². The summed E-state index contributed by atoms with van der Waals surface area (Å²) in [6.07, 6.45) is -0.114. The second-order valence-corrected chi connectivity index (χ2v) is 11.9. The summed E-state index contributed by atoms with van der Waals surface area (Å²) in [6, 6.07) is 13.4. The highest BCUT2D eigenvalue weighted by Crippen LogP contribution is 2.44. The summed E-state index contributed by atoms with van der Waals surface area (Å²) in [5, 5.41) is 23.4. The molecule has 2 aromatic rings. The van der Waals surface area contributed by atoms with Gasteiger partial charge in [-0.1, -0.05) is 90.1 Å². The first-order valence-corrected chi connectivity index (χ1v) is 13.2. The molecule has 2 aromatic carbocycles. The fourth-order valence-electron chi connectivity index (χ4n) is 5.44. The van der Waals surface area contributed by atoms with Crippen LogP contribution in [-0.2, 0) is 14.3 Å². The van der Waals surface area contributed by atoms with Crippen LogP contribution in [0.5, 0.6) is 0 Å². The normalized spacial score (nSPS) is 15.3. The van der Waals surface area contributed by atoms with E-state index in [1.807, 2.05) is 83.1 Å². The summed E-state index contributed by atoms with van der Waals surface area (Å²) >= 11 is 0. The number of carboxylic acid groups (broad SMARTS) is 1. The average Bonchev–Trinajstić information content (AvgIpc) is 3.14. The molecule has 3 N–H and O–H groups in total. The van der Waals surface area contributed by atoms with Crippen LogP contribution < -0.4 is 5.32 Å². The van der Waals surface area contributed by atoms with E-state index in [9.17, 15) is 24.7 Å². The quantitative estimate of drug-likeness (QED) is 0.272. The van der Waals surface area contributed by atoms with Crippen molar-refractivity contribution in [3.8, 4) is 11.1 Å². The minimum atomic E-state index is -1.44. The van der Waals surface area contributed by atoms with Gasteiger partial charge in [0.05, 0.1) is 0 Å². The largest absolute Gasteiger partial charge is 0.480 e. The summed E-state index contributed by atoms with van der Waals surface area (Å²) < 4.78 is 5.58. The van der Waals surface area contributed by atoms with Crippen molar-refractivity contribution in [1.82, 2.24) is 10.4 Å². The number of hydrogen-bond acceptors (Lipinski definition) is 5. The number of fused-ring (bicyclic) bond motifs is 3. The lowest BCUT2D eigenvalue weighted by Crippen LogP contribution is -2.55. The van der Waals surface area contributed by atoms with Crippen LogP contribution in [0.1, 0.15) is 71.4 Å². The molecule has 8 nitrogen and oxygen atoms in total. The lowest BCUT2D eigenvalue weighted by atomic mass is 9.82. The second kappa shape index (κ2) is 12.0. The van der Waals surface area contributed by atoms with Crippen LogP contribution in [0.2, 0.25) is 0 Å². The van der Waals surface area contributed by atoms with E-state index in [-0.39, 0.29) is 35.3 Å². The van der Waals surface area contributed by atoms with Gasteiger partial charge in [-0.3, -0.25) is 10.0 Å². The number of amides is 2. The molecule has 8 heteroatoms. The number of benzene rings is 2. The number of carboxylic acids is 1. The number of nitrogens with one attached hydrogen (secondary N) is 1. The lowest BCUT2D eigenvalue weighted by Gasteiger charge is -2.33. The van der Waals surface area contributed by atoms with Crippen LogP contribution >= 0.6 is 0 Å². The molecule has 0 aliphatic heterocycles. The molecule has 0 aromatic heterocycles. The van der Waals surface area contributed by atoms with E-state index in [2.05, 4.69) is 5.32 Å². The number of rotatable bonds is 10. The molecule has 1 aliphatic rings. The average molecular weight is 525 g/mol. The smallest absolute Gasteiger partial charge is 0.407 e. The van der Waals surface area contributed by atoms with Crippen molar-refractivity contribution in [3.63, 3.8) is 0 Å². The molecule has 38 heavy (non-hydrogen) atoms. The van der Waals surface area contributed by atoms with Crippen molar-refractivity contribution >= 4 is 18.0 Å². The van der Waals surface area contributed by atoms with Crippen molar-refractivity contribution in [1.29, 1.82) is 0 Å². The summed E-state index contributed by atoms with van der Waals surface area (Å²) in [6.45, 7) is 11.4. The van der Waals surface area contributed by atoms with Crippen LogP contribution in [0.15, 0.2) is 48.5 Å². The zero-order chi connectivity index (χ0) is 28.2. The Bertz CT molecular complexity index is 1110. The van der Waals surface area contributed by atoms with Crippen LogP contribution in [0, 0.1) is 17.3 Å². The maximum absolute atomic E-state index is 13.3. The van der Waals surface area contributed by atoms with E-state index in [0.29, 0.717) is 6.42 Å². The van der Waals surface area contributed by atoms with E-state index >= 15 is 0 Å². The molecule has 3 rings (SSSR count). The summed E-state index contributed by atoms with van der Waals surface area (Å²) in [7, 11) is 0. The standard InChI is InChI=1S/C30H40N2O6/c1-18(2)15-25(27(33)32(37)26(28(34)35)19(3)16-30(4,5)6)31-29(36)38-17-24-22-13-9-7-11-20(22)21-12-8-10-14-23(21)24/h7-14,18-19,24-26,37H,15-17H2,1-6H3,(H,31,36)(H,34,35)/t19?,25-,26?/m0/s1. The molecule has 2 amide bonds. The number of ether oxygens (including phenoxy) is 1. The second-order valence-electron chi connectivity index (χ2n) is 11.9. The third kappa shape index (κ3) is 6.92. The Hall–Kier alpha value is -3.39. The summed E-state index contributed by atoms with van der Waals surface area (Å²) in [5.41, 5.74) is 4.13. The van der Waals surface area contributed by atoms with Gasteiger partial charge in [0, 0.05) is 5.92 Å². The Morgan fingerprint density at radius 1 is 0.974 bits per heavy atom. The number of aliphatic carboxylic acids is 1. The minimum absolute atomic E-state index is 0.0125. The van der Waals surface area contributed by atoms with Crippen LogP contribution in [0.4, 0.5) is 4.79 Å². The fraction of sp³-hybridized carbons (Fsp3) is 0.500. The van der Waals surface area contributed by atoms with Gasteiger partial charge in [-0.25, -0.2) is 14.7 Å². The van der Waals surface area contributed by atoms with Gasteiger partial charge in [-0.15, -0.1) is 0 Å². The molecule has 0 heterocycles. The van der Waals surface area contributed by atoms with Gasteiger partial charge in [-0.05, 0) is 52.3 Å². The summed E-state index contributed by atoms with van der Waals surface area (Å²) in [4.78, 5) is 38.2. The molecule has 0 saturated carbocycles. The molecule has 0 fully saturated rings. The van der Waals surface area contributed by atoms with Crippen LogP contribution in [0.25, 0.3) is 11.1 Å². The number of hydroxylamine groups is 2. The van der Waals surface area contributed by atoms with Gasteiger partial charge >= 0.3 is 12.1 Å². The Balaban J connectivity index is 1.72. The highest BCUT2D eigenvalue weighted by atomic mass is 16.5. The number of nitrogens with zero attached hydrogens (tertiary/aromatic N) is 1. The Morgan fingerprint density at radius 3 is 1.97 bits per heavy atom. The highest BCUT2D eigenvalue weighted by Gasteiger charge is 2.39. The number of hydrogen-bond donors (Lipinski definition) is 3. The fourth-order valence-corrected chi connectivity index (χ4v) is 5.44. The monoisotopic (exact) mass is 524 g/mol. The molecule has 0 saturated heterocycles. The maximum Gasteiger partial charge on any atom is 0.407 e. The maximum atomic E-state index is 13.3. The van der Waals surface area contributed by atoms with Gasteiger partial charge in [0.25, 0.3) is 5.91 Å². The lowest BCUT2D eigenvalue weighted by molar-refractivity contribution is -0.193. The number of alkyl carbamates (subject to hydrolysis) is 1. The van der Waals surface area contributed by atoms with Crippen molar-refractivity contribution < 1.29 is 29.4 Å². The van der Waals surface area contributed by atoms with Crippen molar-refractivity contribution in [3.05, 3.63) is 59.7 Å². The Labute approximate surface area is 225 Å². The predicted molar refractivity (Wildman–Crippen MR) is 145 cm³/mol. The zero-order valence-corrected chi connectivity index (χ0v) is 23.1. The third-order valence-electron chi connectivity index (χ3n) is 6.86. The van der Waals surface area contributed by atoms with E-state index in [0.717, 1.165) is 22.3 Å². The first-order chi connectivity index (χ1) is 17.8. The number of carbonyl (C=O) groups is 3. The van der Waals surface area contributed by atoms with E-state index in [4.69, 9.17) is 4.74 Å². The third-order valence-corrected chi connectivity index (χ3v) is 6.86. The molecule has 0 radical (unpaired) electrons. The first-order valence-electron chi connectivity index (χ1n) is 13.2. The molecule has 1 aliphatic carbocycles. The van der Waals surface area contributed by atoms with Crippen molar-refractivity contribution in [2.75, 3.05) is 6.61 Å². The molecule has 206 valence electrons. The van der Waals surface area contributed by atoms with E-state index < -0.39 is 36.0 Å². The molecular formula is C30H40N2O6. The van der Waals surface area contributed by atoms with Crippen LogP contribution in [-0.4, -0.2) is 52.0 Å². The van der Waals surface area contributed by atoms with E-state index in [1.165, 1.54) is 0 Å². The summed E-state index contributed by atoms with van der Waals surface area (Å²) in [5.74, 6) is -2.85. The van der Waals surface area contributed by atoms with Gasteiger partial charge in [0.1, 0.15) is 12.6 Å². The molecule has 0 spiro atoms. The molecule has 0 bridgehead atoms. The van der Waals surface area contributed by atoms with Gasteiger partial charge in [-0.2, -0.15) is 0 Å². The highest BCUT2D eigenvalue weighted by molar-refractivity contribution is 5.88. The van der Waals surface area contributed by atoms with Crippen molar-refractivity contribution in [2.45, 2.75) is 72.4 Å². The SMILES string of the molecule is CC(C)C[C@H](NC(=O)OCC1c2ccccc2-c2ccccc21)C(=O)N(O)C(C(=O)O)C(C)CC(C)(C)C. The van der Waals surface area contributed by atoms with Gasteiger partial charge in [0.15, 0.2) is 6.04 Å². The van der Waals surface area contributed by atoms with Crippen molar-refractivity contribution in [2.24, 2.45) is 17.3 Å². The minimum Gasteiger partial charge on any atom is -0.480 e. The van der Waals surface area contributed by atoms with Gasteiger partial charge < -0.3 is 15.2 Å². The molecule has 3 atom stereocenters. The molecule has 2 unspecified atom stereocenters. The predicted octanol–water partition coefficient (Wildman–Crippen LogP) is 5.68. The Morgan fingerprint density at radius 2 is 1.50 bits per heavy atom. The first kappa shape index (κ1) is 29.2. The van der Waals surface area contributed by atoms with E-state index in [1.54, 1.807) is 6.92 Å². The number of carbonyl (C=O) groups excluding carboxylic acids is 2. The zero-order valence-electron chi connectivity index (χ0n) is 23.1. The Kier molecular flexibility index (Phi) is 9.20. The molecular weight excluding hydrogens is 484 g/mol. The topological polar surface area (TPSA) is 116 Å². The van der Waals surface area contributed by atoms with Gasteiger partial charge in [0.2, 0.25) is 0 Å².